The van der Waals surface area contributed by atoms with Gasteiger partial charge >= 0.3 is 0 Å². The van der Waals surface area contributed by atoms with Gasteiger partial charge in [-0.05, 0) is 26.3 Å². The van der Waals surface area contributed by atoms with E-state index in [1.807, 2.05) is 0 Å². The number of hydrogen-bond acceptors (Lipinski definition) is 5. The van der Waals surface area contributed by atoms with Gasteiger partial charge in [0.2, 0.25) is 0 Å². The van der Waals surface area contributed by atoms with Crippen molar-refractivity contribution in [3.63, 3.8) is 0 Å². The zero-order valence-corrected chi connectivity index (χ0v) is 13.5. The molecule has 1 aliphatic rings. The zero-order valence-electron chi connectivity index (χ0n) is 11.9. The van der Waals surface area contributed by atoms with Crippen LogP contribution in [0.25, 0.3) is 10.2 Å². The number of thiophene rings is 1. The molecule has 0 amide bonds. The number of rotatable bonds is 2. The van der Waals surface area contributed by atoms with Gasteiger partial charge < -0.3 is 4.74 Å². The van der Waals surface area contributed by atoms with Crippen molar-refractivity contribution in [1.29, 1.82) is 0 Å². The summed E-state index contributed by atoms with van der Waals surface area (Å²) < 4.78 is 5.46. The maximum absolute atomic E-state index is 6.35. The number of nitrogens with zero attached hydrogens (tertiary/aromatic N) is 3. The summed E-state index contributed by atoms with van der Waals surface area (Å²) in [6.07, 6.45) is 0. The minimum atomic E-state index is 0.397. The predicted octanol–water partition coefficient (Wildman–Crippen LogP) is 3.18. The summed E-state index contributed by atoms with van der Waals surface area (Å²) in [6.45, 7) is 9.54. The number of halogens is 1. The summed E-state index contributed by atoms with van der Waals surface area (Å²) in [7, 11) is 0. The standard InChI is InChI=1S/C14H18ClN3OS/c1-8-7-19-5-4-18(8)6-11-16-13(15)12-9(2)10(3)20-14(12)17-11/h8H,4-7H2,1-3H3. The molecule has 0 bridgehead atoms. The van der Waals surface area contributed by atoms with Crippen LogP contribution in [-0.4, -0.2) is 40.7 Å². The monoisotopic (exact) mass is 311 g/mol. The van der Waals surface area contributed by atoms with E-state index >= 15 is 0 Å². The van der Waals surface area contributed by atoms with Crippen LogP contribution in [0.4, 0.5) is 0 Å². The van der Waals surface area contributed by atoms with Crippen LogP contribution in [0.3, 0.4) is 0 Å². The second-order valence-corrected chi connectivity index (χ2v) is 6.85. The van der Waals surface area contributed by atoms with Crippen molar-refractivity contribution in [2.75, 3.05) is 19.8 Å². The molecule has 0 saturated carbocycles. The Labute approximate surface area is 127 Å². The van der Waals surface area contributed by atoms with Gasteiger partial charge in [-0.15, -0.1) is 11.3 Å². The van der Waals surface area contributed by atoms with Crippen molar-refractivity contribution >= 4 is 33.2 Å². The fourth-order valence-corrected chi connectivity index (χ4v) is 3.92. The summed E-state index contributed by atoms with van der Waals surface area (Å²) in [6, 6.07) is 0.397. The summed E-state index contributed by atoms with van der Waals surface area (Å²) >= 11 is 8.04. The molecule has 0 aromatic carbocycles. The molecule has 0 N–H and O–H groups in total. The third-order valence-corrected chi connectivity index (χ3v) is 5.26. The van der Waals surface area contributed by atoms with Crippen molar-refractivity contribution in [3.8, 4) is 0 Å². The first-order valence-corrected chi connectivity index (χ1v) is 7.99. The Morgan fingerprint density at radius 1 is 1.40 bits per heavy atom. The number of ether oxygens (including phenoxy) is 1. The lowest BCUT2D eigenvalue weighted by molar-refractivity contribution is -0.00544. The highest BCUT2D eigenvalue weighted by molar-refractivity contribution is 7.18. The predicted molar refractivity (Wildman–Crippen MR) is 82.6 cm³/mol. The van der Waals surface area contributed by atoms with E-state index < -0.39 is 0 Å². The van der Waals surface area contributed by atoms with Gasteiger partial charge in [-0.2, -0.15) is 0 Å². The topological polar surface area (TPSA) is 38.2 Å². The minimum Gasteiger partial charge on any atom is -0.379 e. The summed E-state index contributed by atoms with van der Waals surface area (Å²) in [5.41, 5.74) is 1.20. The van der Waals surface area contributed by atoms with Gasteiger partial charge in [0.25, 0.3) is 0 Å². The van der Waals surface area contributed by atoms with E-state index in [0.717, 1.165) is 42.3 Å². The van der Waals surface area contributed by atoms with Crippen molar-refractivity contribution in [2.45, 2.75) is 33.4 Å². The molecule has 0 spiro atoms. The number of fused-ring (bicyclic) bond motifs is 1. The lowest BCUT2D eigenvalue weighted by Gasteiger charge is -2.32. The molecule has 1 aliphatic heterocycles. The van der Waals surface area contributed by atoms with Gasteiger partial charge in [0.05, 0.1) is 25.1 Å². The van der Waals surface area contributed by atoms with E-state index in [4.69, 9.17) is 16.3 Å². The summed E-state index contributed by atoms with van der Waals surface area (Å²) in [5, 5.41) is 1.58. The van der Waals surface area contributed by atoms with Crippen molar-refractivity contribution < 1.29 is 4.74 Å². The molecular weight excluding hydrogens is 294 g/mol. The third kappa shape index (κ3) is 2.55. The van der Waals surface area contributed by atoms with E-state index in [1.165, 1.54) is 10.4 Å². The summed E-state index contributed by atoms with van der Waals surface area (Å²) in [4.78, 5) is 13.8. The maximum Gasteiger partial charge on any atom is 0.145 e. The van der Waals surface area contributed by atoms with E-state index in [-0.39, 0.29) is 0 Å². The lowest BCUT2D eigenvalue weighted by atomic mass is 10.2. The first-order valence-electron chi connectivity index (χ1n) is 6.80. The van der Waals surface area contributed by atoms with Crippen LogP contribution in [0.1, 0.15) is 23.2 Å². The minimum absolute atomic E-state index is 0.397. The van der Waals surface area contributed by atoms with Crippen LogP contribution in [-0.2, 0) is 11.3 Å². The molecule has 1 fully saturated rings. The zero-order chi connectivity index (χ0) is 14.3. The Kier molecular flexibility index (Phi) is 3.95. The second kappa shape index (κ2) is 5.56. The van der Waals surface area contributed by atoms with Gasteiger partial charge in [0.15, 0.2) is 0 Å². The van der Waals surface area contributed by atoms with E-state index in [2.05, 4.69) is 35.6 Å². The second-order valence-electron chi connectivity index (χ2n) is 5.29. The Morgan fingerprint density at radius 2 is 2.20 bits per heavy atom. The van der Waals surface area contributed by atoms with Gasteiger partial charge in [0.1, 0.15) is 15.8 Å². The smallest absolute Gasteiger partial charge is 0.145 e. The highest BCUT2D eigenvalue weighted by Crippen LogP contribution is 2.33. The molecule has 0 radical (unpaired) electrons. The number of morpholine rings is 1. The molecule has 3 rings (SSSR count). The van der Waals surface area contributed by atoms with Gasteiger partial charge in [0, 0.05) is 17.5 Å². The van der Waals surface area contributed by atoms with Gasteiger partial charge in [-0.25, -0.2) is 9.97 Å². The number of aryl methyl sites for hydroxylation is 2. The average molecular weight is 312 g/mol. The van der Waals surface area contributed by atoms with Crippen LogP contribution in [0.5, 0.6) is 0 Å². The molecule has 1 unspecified atom stereocenters. The van der Waals surface area contributed by atoms with Crippen LogP contribution >= 0.6 is 22.9 Å². The van der Waals surface area contributed by atoms with Crippen LogP contribution in [0, 0.1) is 13.8 Å². The van der Waals surface area contributed by atoms with Gasteiger partial charge in [-0.3, -0.25) is 4.90 Å². The maximum atomic E-state index is 6.35. The molecule has 3 heterocycles. The van der Waals surface area contributed by atoms with Gasteiger partial charge in [-0.1, -0.05) is 11.6 Å². The van der Waals surface area contributed by atoms with Crippen LogP contribution in [0.15, 0.2) is 0 Å². The SMILES string of the molecule is Cc1sc2nc(CN3CCOCC3C)nc(Cl)c2c1C. The molecule has 1 atom stereocenters. The highest BCUT2D eigenvalue weighted by Gasteiger charge is 2.21. The van der Waals surface area contributed by atoms with E-state index in [9.17, 15) is 0 Å². The molecule has 20 heavy (non-hydrogen) atoms. The van der Waals surface area contributed by atoms with E-state index in [0.29, 0.717) is 11.2 Å². The van der Waals surface area contributed by atoms with E-state index in [1.54, 1.807) is 11.3 Å². The first-order chi connectivity index (χ1) is 9.56. The van der Waals surface area contributed by atoms with Crippen LogP contribution in [0.2, 0.25) is 5.15 Å². The lowest BCUT2D eigenvalue weighted by Crippen LogP contribution is -2.43. The highest BCUT2D eigenvalue weighted by atomic mass is 35.5. The molecule has 1 saturated heterocycles. The van der Waals surface area contributed by atoms with Crippen molar-refractivity contribution in [1.82, 2.24) is 14.9 Å². The first kappa shape index (κ1) is 14.2. The molecular formula is C14H18ClN3OS. The fourth-order valence-electron chi connectivity index (χ4n) is 2.49. The molecule has 2 aromatic rings. The third-order valence-electron chi connectivity index (χ3n) is 3.88. The molecule has 108 valence electrons. The Morgan fingerprint density at radius 3 is 2.95 bits per heavy atom. The number of aromatic nitrogens is 2. The molecule has 6 heteroatoms. The normalized spacial score (nSPS) is 20.7. The van der Waals surface area contributed by atoms with Crippen LogP contribution < -0.4 is 0 Å². The number of hydrogen-bond donors (Lipinski definition) is 0. The fraction of sp³-hybridized carbons (Fsp3) is 0.571. The summed E-state index contributed by atoms with van der Waals surface area (Å²) in [5.74, 6) is 0.803. The van der Waals surface area contributed by atoms with Crippen molar-refractivity contribution in [3.05, 3.63) is 21.4 Å². The molecule has 4 nitrogen and oxygen atoms in total. The molecule has 2 aromatic heterocycles. The van der Waals surface area contributed by atoms with Crippen molar-refractivity contribution in [2.24, 2.45) is 0 Å². The average Bonchev–Trinajstić information content (AvgIpc) is 2.68. The Hall–Kier alpha value is -0.750. The quantitative estimate of drug-likeness (QED) is 0.798. The molecule has 0 aliphatic carbocycles. The Bertz CT molecular complexity index is 643. The largest absolute Gasteiger partial charge is 0.379 e. The Balaban J connectivity index is 1.92.